The number of piperidine rings is 1. The highest BCUT2D eigenvalue weighted by molar-refractivity contribution is 5.83. The third-order valence-corrected chi connectivity index (χ3v) is 4.83. The van der Waals surface area contributed by atoms with Gasteiger partial charge in [-0.25, -0.2) is 4.98 Å². The van der Waals surface area contributed by atoms with Gasteiger partial charge in [-0.15, -0.1) is 0 Å². The van der Waals surface area contributed by atoms with E-state index in [0.29, 0.717) is 11.8 Å². The fraction of sp³-hybridized carbons (Fsp3) is 0.500. The maximum absolute atomic E-state index is 12.5. The molecule has 1 saturated heterocycles. The first-order chi connectivity index (χ1) is 10.1. The zero-order valence-corrected chi connectivity index (χ0v) is 12.3. The van der Waals surface area contributed by atoms with E-state index in [0.717, 1.165) is 24.4 Å². The van der Waals surface area contributed by atoms with Gasteiger partial charge in [-0.1, -0.05) is 6.07 Å². The SMILES string of the molecule is CC(C)(NC(=O)C1[C@H]2CNC[C@@H]12)c1ncc2ccccn12. The number of pyridine rings is 1. The number of amides is 1. The Morgan fingerprint density at radius 1 is 1.38 bits per heavy atom. The van der Waals surface area contributed by atoms with Gasteiger partial charge in [-0.3, -0.25) is 4.79 Å². The molecule has 2 fully saturated rings. The van der Waals surface area contributed by atoms with Crippen molar-refractivity contribution >= 4 is 11.4 Å². The molecule has 3 atom stereocenters. The minimum atomic E-state index is -0.477. The molecule has 0 aromatic carbocycles. The Hall–Kier alpha value is -1.88. The molecule has 1 unspecified atom stereocenters. The highest BCUT2D eigenvalue weighted by Crippen LogP contribution is 2.49. The number of fused-ring (bicyclic) bond motifs is 2. The van der Waals surface area contributed by atoms with Crippen LogP contribution in [0.3, 0.4) is 0 Å². The number of hydrogen-bond acceptors (Lipinski definition) is 3. The number of carbonyl (C=O) groups is 1. The van der Waals surface area contributed by atoms with Gasteiger partial charge in [0.25, 0.3) is 0 Å². The molecule has 1 aliphatic heterocycles. The zero-order valence-electron chi connectivity index (χ0n) is 12.3. The Labute approximate surface area is 123 Å². The van der Waals surface area contributed by atoms with E-state index >= 15 is 0 Å². The maximum Gasteiger partial charge on any atom is 0.224 e. The molecule has 2 aromatic rings. The molecule has 0 spiro atoms. The van der Waals surface area contributed by atoms with Gasteiger partial charge in [0, 0.05) is 12.1 Å². The molecule has 1 saturated carbocycles. The van der Waals surface area contributed by atoms with Crippen LogP contribution < -0.4 is 10.6 Å². The van der Waals surface area contributed by atoms with Crippen LogP contribution in [0.4, 0.5) is 0 Å². The van der Waals surface area contributed by atoms with Crippen molar-refractivity contribution in [3.63, 3.8) is 0 Å². The van der Waals surface area contributed by atoms with Crippen LogP contribution in [0, 0.1) is 17.8 Å². The van der Waals surface area contributed by atoms with E-state index in [9.17, 15) is 4.79 Å². The summed E-state index contributed by atoms with van der Waals surface area (Å²) in [6.45, 7) is 6.00. The normalized spacial score (nSPS) is 27.6. The van der Waals surface area contributed by atoms with E-state index in [1.807, 2.05) is 48.8 Å². The van der Waals surface area contributed by atoms with Crippen LogP contribution in [0.25, 0.3) is 5.52 Å². The number of aromatic nitrogens is 2. The van der Waals surface area contributed by atoms with Crippen molar-refractivity contribution in [1.29, 1.82) is 0 Å². The maximum atomic E-state index is 12.5. The van der Waals surface area contributed by atoms with Crippen LogP contribution >= 0.6 is 0 Å². The van der Waals surface area contributed by atoms with Crippen LogP contribution in [-0.2, 0) is 10.3 Å². The lowest BCUT2D eigenvalue weighted by molar-refractivity contribution is -0.124. The molecule has 2 N–H and O–H groups in total. The lowest BCUT2D eigenvalue weighted by Gasteiger charge is -2.25. The topological polar surface area (TPSA) is 58.4 Å². The second-order valence-electron chi connectivity index (χ2n) is 6.70. The number of carbonyl (C=O) groups excluding carboxylic acids is 1. The van der Waals surface area contributed by atoms with Crippen molar-refractivity contribution in [1.82, 2.24) is 20.0 Å². The van der Waals surface area contributed by atoms with Crippen molar-refractivity contribution in [3.05, 3.63) is 36.4 Å². The fourth-order valence-corrected chi connectivity index (χ4v) is 3.66. The largest absolute Gasteiger partial charge is 0.344 e. The smallest absolute Gasteiger partial charge is 0.224 e. The summed E-state index contributed by atoms with van der Waals surface area (Å²) in [7, 11) is 0. The molecule has 5 heteroatoms. The number of nitrogens with zero attached hydrogens (tertiary/aromatic N) is 2. The monoisotopic (exact) mass is 284 g/mol. The molecule has 1 aliphatic carbocycles. The average molecular weight is 284 g/mol. The molecule has 1 amide bonds. The van der Waals surface area contributed by atoms with Gasteiger partial charge < -0.3 is 15.0 Å². The molecular weight excluding hydrogens is 264 g/mol. The Kier molecular flexibility index (Phi) is 2.63. The Balaban J connectivity index is 1.57. The van der Waals surface area contributed by atoms with E-state index in [4.69, 9.17) is 0 Å². The predicted molar refractivity (Wildman–Crippen MR) is 79.7 cm³/mol. The summed E-state index contributed by atoms with van der Waals surface area (Å²) in [5, 5.41) is 6.52. The van der Waals surface area contributed by atoms with Crippen molar-refractivity contribution in [2.75, 3.05) is 13.1 Å². The first-order valence-electron chi connectivity index (χ1n) is 7.53. The lowest BCUT2D eigenvalue weighted by Crippen LogP contribution is -2.44. The first-order valence-corrected chi connectivity index (χ1v) is 7.53. The van der Waals surface area contributed by atoms with Crippen molar-refractivity contribution in [3.8, 4) is 0 Å². The molecule has 4 rings (SSSR count). The van der Waals surface area contributed by atoms with Gasteiger partial charge in [-0.05, 0) is 50.9 Å². The molecule has 21 heavy (non-hydrogen) atoms. The number of imidazole rings is 1. The summed E-state index contributed by atoms with van der Waals surface area (Å²) in [5.41, 5.74) is 0.567. The van der Waals surface area contributed by atoms with E-state index in [2.05, 4.69) is 15.6 Å². The van der Waals surface area contributed by atoms with Gasteiger partial charge >= 0.3 is 0 Å². The van der Waals surface area contributed by atoms with E-state index < -0.39 is 5.54 Å². The van der Waals surface area contributed by atoms with Gasteiger partial charge in [-0.2, -0.15) is 0 Å². The first kappa shape index (κ1) is 12.8. The average Bonchev–Trinajstić information content (AvgIpc) is 2.82. The molecule has 3 heterocycles. The molecular formula is C16H20N4O. The molecule has 2 aromatic heterocycles. The van der Waals surface area contributed by atoms with Crippen molar-refractivity contribution < 1.29 is 4.79 Å². The molecule has 0 bridgehead atoms. The Bertz CT molecular complexity index is 695. The van der Waals surface area contributed by atoms with Crippen LogP contribution in [0.5, 0.6) is 0 Å². The number of rotatable bonds is 3. The summed E-state index contributed by atoms with van der Waals surface area (Å²) < 4.78 is 2.04. The van der Waals surface area contributed by atoms with Crippen LogP contribution in [0.1, 0.15) is 19.7 Å². The minimum absolute atomic E-state index is 0.171. The quantitative estimate of drug-likeness (QED) is 0.889. The van der Waals surface area contributed by atoms with E-state index in [-0.39, 0.29) is 11.8 Å². The van der Waals surface area contributed by atoms with Gasteiger partial charge in [0.2, 0.25) is 5.91 Å². The zero-order chi connectivity index (χ0) is 14.6. The third kappa shape index (κ3) is 1.95. The standard InChI is InChI=1S/C16H20N4O/c1-16(2,15-18-7-10-5-3-4-6-20(10)15)19-14(21)13-11-8-17-9-12(11)13/h3-7,11-13,17H,8-9H2,1-2H3,(H,19,21)/t11-,12+,13?. The number of hydrogen-bond donors (Lipinski definition) is 2. The summed E-state index contributed by atoms with van der Waals surface area (Å²) >= 11 is 0. The van der Waals surface area contributed by atoms with E-state index in [1.54, 1.807) is 0 Å². The number of nitrogens with one attached hydrogen (secondary N) is 2. The highest BCUT2D eigenvalue weighted by Gasteiger charge is 2.57. The van der Waals surface area contributed by atoms with Crippen molar-refractivity contribution in [2.45, 2.75) is 19.4 Å². The Morgan fingerprint density at radius 3 is 2.90 bits per heavy atom. The lowest BCUT2D eigenvalue weighted by atomic mass is 10.0. The van der Waals surface area contributed by atoms with Gasteiger partial charge in [0.1, 0.15) is 5.82 Å². The van der Waals surface area contributed by atoms with E-state index in [1.165, 1.54) is 0 Å². The molecule has 110 valence electrons. The highest BCUT2D eigenvalue weighted by atomic mass is 16.2. The summed E-state index contributed by atoms with van der Waals surface area (Å²) in [4.78, 5) is 17.0. The molecule has 2 aliphatic rings. The Morgan fingerprint density at radius 2 is 2.14 bits per heavy atom. The molecule has 5 nitrogen and oxygen atoms in total. The van der Waals surface area contributed by atoms with Crippen LogP contribution in [-0.4, -0.2) is 28.4 Å². The van der Waals surface area contributed by atoms with Gasteiger partial charge in [0.05, 0.1) is 17.3 Å². The van der Waals surface area contributed by atoms with Gasteiger partial charge in [0.15, 0.2) is 0 Å². The fourth-order valence-electron chi connectivity index (χ4n) is 3.66. The second-order valence-corrected chi connectivity index (χ2v) is 6.70. The summed E-state index contributed by atoms with van der Waals surface area (Å²) in [5.74, 6) is 2.31. The second kappa shape index (κ2) is 4.31. The predicted octanol–water partition coefficient (Wildman–Crippen LogP) is 1.15. The van der Waals surface area contributed by atoms with Crippen molar-refractivity contribution in [2.24, 2.45) is 17.8 Å². The van der Waals surface area contributed by atoms with Crippen LogP contribution in [0.15, 0.2) is 30.6 Å². The third-order valence-electron chi connectivity index (χ3n) is 4.83. The summed E-state index contributed by atoms with van der Waals surface area (Å²) in [6.07, 6.45) is 3.83. The molecule has 0 radical (unpaired) electrons. The van der Waals surface area contributed by atoms with Crippen LogP contribution in [0.2, 0.25) is 0 Å². The minimum Gasteiger partial charge on any atom is -0.344 e. The summed E-state index contributed by atoms with van der Waals surface area (Å²) in [6, 6.07) is 5.99.